The van der Waals surface area contributed by atoms with E-state index < -0.39 is 54.6 Å². The topological polar surface area (TPSA) is 158 Å². The first-order valence-corrected chi connectivity index (χ1v) is 9.67. The Labute approximate surface area is 172 Å². The van der Waals surface area contributed by atoms with Crippen LogP contribution in [0.25, 0.3) is 0 Å². The second-order valence-electron chi connectivity index (χ2n) is 7.52. The van der Waals surface area contributed by atoms with Crippen LogP contribution in [-0.4, -0.2) is 101 Å². The number of hydrogen-bond donors (Lipinski definition) is 5. The summed E-state index contributed by atoms with van der Waals surface area (Å²) in [4.78, 5) is 14.8. The first kappa shape index (κ1) is 21.1. The number of phenolic OH excluding ortho intramolecular Hbond substituents is 2. The molecule has 0 unspecified atom stereocenters. The second kappa shape index (κ2) is 8.17. The van der Waals surface area contributed by atoms with Crippen LogP contribution in [0.5, 0.6) is 17.2 Å². The maximum atomic E-state index is 12.9. The molecule has 0 radical (unpaired) electrons. The molecule has 11 nitrogen and oxygen atoms in total. The fourth-order valence-electron chi connectivity index (χ4n) is 4.25. The van der Waals surface area contributed by atoms with E-state index >= 15 is 0 Å². The lowest BCUT2D eigenvalue weighted by Gasteiger charge is -2.45. The average molecular weight is 427 g/mol. The third-order valence-electron chi connectivity index (χ3n) is 5.83. The van der Waals surface area contributed by atoms with Gasteiger partial charge in [0, 0.05) is 30.8 Å². The smallest absolute Gasteiger partial charge is 0.339 e. The number of aliphatic hydroxyl groups excluding tert-OH is 3. The van der Waals surface area contributed by atoms with Gasteiger partial charge in [-0.3, -0.25) is 4.90 Å². The largest absolute Gasteiger partial charge is 0.504 e. The number of fused-ring (bicyclic) bond motifs is 3. The molecule has 5 N–H and O–H groups in total. The number of aliphatic hydroxyl groups is 3. The molecule has 1 aromatic rings. The van der Waals surface area contributed by atoms with Gasteiger partial charge in [0.1, 0.15) is 24.4 Å². The minimum absolute atomic E-state index is 0.0152. The third kappa shape index (κ3) is 3.27. The van der Waals surface area contributed by atoms with Crippen molar-refractivity contribution >= 4 is 5.97 Å². The third-order valence-corrected chi connectivity index (χ3v) is 5.83. The number of hydrogen-bond acceptors (Lipinski definition) is 11. The molecule has 166 valence electrons. The van der Waals surface area contributed by atoms with Crippen molar-refractivity contribution in [1.29, 1.82) is 0 Å². The Bertz CT molecular complexity index is 824. The van der Waals surface area contributed by atoms with Gasteiger partial charge in [-0.25, -0.2) is 4.79 Å². The highest BCUT2D eigenvalue weighted by Gasteiger charge is 2.53. The number of methoxy groups -OCH3 is 1. The molecule has 0 bridgehead atoms. The molecule has 2 saturated heterocycles. The van der Waals surface area contributed by atoms with Crippen LogP contribution in [0, 0.1) is 0 Å². The summed E-state index contributed by atoms with van der Waals surface area (Å²) in [6.07, 6.45) is -6.67. The van der Waals surface area contributed by atoms with Crippen LogP contribution in [-0.2, 0) is 20.8 Å². The fourth-order valence-corrected chi connectivity index (χ4v) is 4.25. The Morgan fingerprint density at radius 1 is 1.13 bits per heavy atom. The van der Waals surface area contributed by atoms with Crippen LogP contribution in [0.3, 0.4) is 0 Å². The molecule has 30 heavy (non-hydrogen) atoms. The number of carbonyl (C=O) groups is 1. The lowest BCUT2D eigenvalue weighted by Crippen LogP contribution is -2.58. The Balaban J connectivity index is 1.85. The van der Waals surface area contributed by atoms with E-state index in [0.29, 0.717) is 26.3 Å². The zero-order valence-electron chi connectivity index (χ0n) is 16.4. The van der Waals surface area contributed by atoms with Crippen molar-refractivity contribution in [2.75, 3.05) is 40.0 Å². The minimum Gasteiger partial charge on any atom is -0.504 e. The highest BCUT2D eigenvalue weighted by Crippen LogP contribution is 2.52. The van der Waals surface area contributed by atoms with Gasteiger partial charge in [-0.1, -0.05) is 0 Å². The Morgan fingerprint density at radius 2 is 1.83 bits per heavy atom. The second-order valence-corrected chi connectivity index (χ2v) is 7.52. The minimum atomic E-state index is -1.54. The van der Waals surface area contributed by atoms with Crippen LogP contribution >= 0.6 is 0 Å². The van der Waals surface area contributed by atoms with E-state index in [4.69, 9.17) is 18.9 Å². The highest BCUT2D eigenvalue weighted by molar-refractivity contribution is 5.97. The number of aromatic hydroxyl groups is 2. The van der Waals surface area contributed by atoms with Gasteiger partial charge in [0.25, 0.3) is 0 Å². The van der Waals surface area contributed by atoms with E-state index in [9.17, 15) is 30.3 Å². The molecule has 4 rings (SSSR count). The monoisotopic (exact) mass is 427 g/mol. The summed E-state index contributed by atoms with van der Waals surface area (Å²) in [6.45, 7) is 1.72. The molecule has 0 aliphatic carbocycles. The molecule has 0 saturated carbocycles. The lowest BCUT2D eigenvalue weighted by molar-refractivity contribution is -0.235. The standard InChI is InChI=1S/C19H25NO10/c1-27-17-12(22)8(6-20-2-4-28-5-3-20)10-11(14(17)24)16-18(30-19(10)26)15(25)13(23)9(7-21)29-16/h9,13,15-16,18,21-25H,2-7H2,1H3/t9-,13-,15+,16-,18-/m1/s1. The van der Waals surface area contributed by atoms with E-state index in [-0.39, 0.29) is 29.0 Å². The van der Waals surface area contributed by atoms with Crippen molar-refractivity contribution in [3.05, 3.63) is 16.7 Å². The Kier molecular flexibility index (Phi) is 5.75. The van der Waals surface area contributed by atoms with Crippen LogP contribution in [0.15, 0.2) is 0 Å². The first-order chi connectivity index (χ1) is 14.4. The predicted molar refractivity (Wildman–Crippen MR) is 98.3 cm³/mol. The molecule has 0 amide bonds. The van der Waals surface area contributed by atoms with Crippen LogP contribution in [0.1, 0.15) is 27.6 Å². The normalized spacial score (nSPS) is 31.6. The number of benzene rings is 1. The van der Waals surface area contributed by atoms with E-state index in [1.54, 1.807) is 0 Å². The summed E-state index contributed by atoms with van der Waals surface area (Å²) < 4.78 is 21.5. The molecule has 0 aromatic heterocycles. The molecule has 2 fully saturated rings. The summed E-state index contributed by atoms with van der Waals surface area (Å²) in [5.74, 6) is -2.04. The molecule has 5 atom stereocenters. The Morgan fingerprint density at radius 3 is 2.47 bits per heavy atom. The van der Waals surface area contributed by atoms with Gasteiger partial charge in [0.05, 0.1) is 32.5 Å². The highest BCUT2D eigenvalue weighted by atomic mass is 16.6. The number of phenols is 2. The summed E-state index contributed by atoms with van der Waals surface area (Å²) in [7, 11) is 1.26. The van der Waals surface area contributed by atoms with Crippen molar-refractivity contribution < 1.29 is 49.3 Å². The van der Waals surface area contributed by atoms with E-state index in [1.807, 2.05) is 4.90 Å². The Hall–Kier alpha value is -2.15. The summed E-state index contributed by atoms with van der Waals surface area (Å²) in [5.41, 5.74) is 0.0899. The van der Waals surface area contributed by atoms with Gasteiger partial charge in [0.15, 0.2) is 17.6 Å². The summed E-state index contributed by atoms with van der Waals surface area (Å²) in [6, 6.07) is 0. The van der Waals surface area contributed by atoms with Crippen molar-refractivity contribution in [1.82, 2.24) is 4.90 Å². The van der Waals surface area contributed by atoms with E-state index in [2.05, 4.69) is 0 Å². The van der Waals surface area contributed by atoms with Crippen molar-refractivity contribution in [2.45, 2.75) is 37.1 Å². The maximum Gasteiger partial charge on any atom is 0.339 e. The van der Waals surface area contributed by atoms with Gasteiger partial charge in [-0.05, 0) is 0 Å². The zero-order chi connectivity index (χ0) is 21.6. The van der Waals surface area contributed by atoms with Gasteiger partial charge in [0.2, 0.25) is 5.75 Å². The summed E-state index contributed by atoms with van der Waals surface area (Å²) >= 11 is 0. The molecular weight excluding hydrogens is 402 g/mol. The van der Waals surface area contributed by atoms with Gasteiger partial charge < -0.3 is 44.5 Å². The molecular formula is C19H25NO10. The van der Waals surface area contributed by atoms with Crippen LogP contribution in [0.4, 0.5) is 0 Å². The molecule has 0 spiro atoms. The average Bonchev–Trinajstić information content (AvgIpc) is 2.74. The number of carbonyl (C=O) groups excluding carboxylic acids is 1. The van der Waals surface area contributed by atoms with Gasteiger partial charge in [-0.2, -0.15) is 0 Å². The van der Waals surface area contributed by atoms with Crippen molar-refractivity contribution in [2.24, 2.45) is 0 Å². The molecule has 3 aliphatic rings. The zero-order valence-corrected chi connectivity index (χ0v) is 16.4. The fraction of sp³-hybridized carbons (Fsp3) is 0.632. The van der Waals surface area contributed by atoms with Gasteiger partial charge >= 0.3 is 5.97 Å². The van der Waals surface area contributed by atoms with E-state index in [1.165, 1.54) is 7.11 Å². The number of nitrogens with zero attached hydrogens (tertiary/aromatic N) is 1. The lowest BCUT2D eigenvalue weighted by atomic mass is 9.84. The number of esters is 1. The number of ether oxygens (including phenoxy) is 4. The molecule has 3 heterocycles. The predicted octanol–water partition coefficient (Wildman–Crippen LogP) is -1.37. The first-order valence-electron chi connectivity index (χ1n) is 9.67. The SMILES string of the molecule is COc1c(O)c(CN2CCOCC2)c2c(c1O)[C@H]1O[C@H](CO)[C@@H](O)[C@H](O)[C@H]1OC2=O. The van der Waals surface area contributed by atoms with Crippen molar-refractivity contribution in [3.8, 4) is 17.2 Å². The molecule has 3 aliphatic heterocycles. The molecule has 1 aromatic carbocycles. The molecule has 11 heteroatoms. The maximum absolute atomic E-state index is 12.9. The van der Waals surface area contributed by atoms with Crippen molar-refractivity contribution in [3.63, 3.8) is 0 Å². The number of rotatable bonds is 4. The van der Waals surface area contributed by atoms with Crippen LogP contribution in [0.2, 0.25) is 0 Å². The van der Waals surface area contributed by atoms with Crippen LogP contribution < -0.4 is 4.74 Å². The van der Waals surface area contributed by atoms with E-state index in [0.717, 1.165) is 0 Å². The van der Waals surface area contributed by atoms with Gasteiger partial charge in [-0.15, -0.1) is 0 Å². The quantitative estimate of drug-likeness (QED) is 0.361. The summed E-state index contributed by atoms with van der Waals surface area (Å²) in [5, 5.41) is 51.6. The number of morpholine rings is 1.